The van der Waals surface area contributed by atoms with Crippen molar-refractivity contribution < 1.29 is 19.4 Å². The van der Waals surface area contributed by atoms with Gasteiger partial charge in [0.1, 0.15) is 0 Å². The van der Waals surface area contributed by atoms with Gasteiger partial charge in [-0.15, -0.1) is 11.3 Å². The number of urea groups is 1. The second-order valence-electron chi connectivity index (χ2n) is 8.72. The maximum atomic E-state index is 12.0. The summed E-state index contributed by atoms with van der Waals surface area (Å²) < 4.78 is 15.1. The van der Waals surface area contributed by atoms with Gasteiger partial charge in [-0.25, -0.2) is 9.78 Å². The topological polar surface area (TPSA) is 92.7 Å². The molecule has 1 aliphatic rings. The van der Waals surface area contributed by atoms with Gasteiger partial charge < -0.3 is 25.2 Å². The summed E-state index contributed by atoms with van der Waals surface area (Å²) in [6.07, 6.45) is -0.136. The molecule has 1 fully saturated rings. The standard InChI is InChI=1S/C28H29N3O4S2/c1-2-29-27(33)30-21-7-5-6-20(14-21)26-34-22(15-24(35-26)19-12-10-18(16-32)11-13-19)17-36-28-31-23-8-3-4-9-25(23)37-28/h3-14,22,24,26,32H,2,15-17H2,1H3,(H2,29,30,33). The number of thioether (sulfide) groups is 1. The molecule has 4 aromatic rings. The van der Waals surface area contributed by atoms with E-state index in [1.54, 1.807) is 23.1 Å². The predicted octanol–water partition coefficient (Wildman–Crippen LogP) is 6.27. The van der Waals surface area contributed by atoms with Gasteiger partial charge in [0.2, 0.25) is 0 Å². The molecule has 192 valence electrons. The number of anilines is 1. The van der Waals surface area contributed by atoms with E-state index in [9.17, 15) is 9.90 Å². The van der Waals surface area contributed by atoms with Gasteiger partial charge in [0.25, 0.3) is 0 Å². The molecule has 0 aliphatic carbocycles. The molecule has 1 aromatic heterocycles. The van der Waals surface area contributed by atoms with Crippen molar-refractivity contribution in [1.29, 1.82) is 0 Å². The fourth-order valence-electron chi connectivity index (χ4n) is 4.20. The van der Waals surface area contributed by atoms with Crippen molar-refractivity contribution >= 4 is 45.0 Å². The highest BCUT2D eigenvalue weighted by atomic mass is 32.2. The number of para-hydroxylation sites is 1. The zero-order valence-electron chi connectivity index (χ0n) is 20.4. The number of carbonyl (C=O) groups excluding carboxylic acids is 1. The molecule has 0 spiro atoms. The molecule has 9 heteroatoms. The zero-order chi connectivity index (χ0) is 25.6. The summed E-state index contributed by atoms with van der Waals surface area (Å²) in [7, 11) is 0. The van der Waals surface area contributed by atoms with Gasteiger partial charge in [0.15, 0.2) is 10.6 Å². The SMILES string of the molecule is CCNC(=O)Nc1cccc(C2OC(CSc3nc4ccccc4s3)CC(c3ccc(CO)cc3)O2)c1. The summed E-state index contributed by atoms with van der Waals surface area (Å²) in [6, 6.07) is 23.3. The fourth-order valence-corrected chi connectivity index (χ4v) is 6.31. The van der Waals surface area contributed by atoms with Crippen LogP contribution in [0.2, 0.25) is 0 Å². The molecule has 3 atom stereocenters. The van der Waals surface area contributed by atoms with Crippen molar-refractivity contribution in [3.8, 4) is 0 Å². The van der Waals surface area contributed by atoms with E-state index in [1.807, 2.05) is 73.7 Å². The number of aromatic nitrogens is 1. The minimum atomic E-state index is -0.590. The van der Waals surface area contributed by atoms with Gasteiger partial charge in [0, 0.05) is 30.0 Å². The molecule has 2 heterocycles. The number of nitrogens with zero attached hydrogens (tertiary/aromatic N) is 1. The quantitative estimate of drug-likeness (QED) is 0.230. The van der Waals surface area contributed by atoms with Crippen LogP contribution in [0.5, 0.6) is 0 Å². The van der Waals surface area contributed by atoms with Crippen LogP contribution in [0.4, 0.5) is 10.5 Å². The Morgan fingerprint density at radius 1 is 1.08 bits per heavy atom. The lowest BCUT2D eigenvalue weighted by Crippen LogP contribution is -2.31. The van der Waals surface area contributed by atoms with Crippen molar-refractivity contribution in [3.05, 3.63) is 89.5 Å². The van der Waals surface area contributed by atoms with Gasteiger partial charge in [-0.2, -0.15) is 0 Å². The van der Waals surface area contributed by atoms with E-state index in [-0.39, 0.29) is 24.8 Å². The van der Waals surface area contributed by atoms with Crippen LogP contribution in [-0.4, -0.2) is 34.5 Å². The lowest BCUT2D eigenvalue weighted by Gasteiger charge is -2.36. The van der Waals surface area contributed by atoms with E-state index >= 15 is 0 Å². The van der Waals surface area contributed by atoms with E-state index in [0.29, 0.717) is 18.7 Å². The summed E-state index contributed by atoms with van der Waals surface area (Å²) in [5.74, 6) is 0.738. The summed E-state index contributed by atoms with van der Waals surface area (Å²) in [5.41, 5.74) is 4.42. The third kappa shape index (κ3) is 6.49. The molecule has 2 amide bonds. The number of nitrogens with one attached hydrogen (secondary N) is 2. The summed E-state index contributed by atoms with van der Waals surface area (Å²) >= 11 is 3.39. The number of aliphatic hydroxyl groups excluding tert-OH is 1. The van der Waals surface area contributed by atoms with Crippen LogP contribution in [0, 0.1) is 0 Å². The maximum absolute atomic E-state index is 12.0. The van der Waals surface area contributed by atoms with Crippen LogP contribution in [0.15, 0.2) is 77.1 Å². The average molecular weight is 536 g/mol. The first kappa shape index (κ1) is 25.7. The Balaban J connectivity index is 1.35. The number of hydrogen-bond donors (Lipinski definition) is 3. The van der Waals surface area contributed by atoms with Crippen LogP contribution in [0.25, 0.3) is 10.2 Å². The van der Waals surface area contributed by atoms with Gasteiger partial charge in [0.05, 0.1) is 29.0 Å². The Kier molecular flexibility index (Phi) is 8.38. The number of rotatable bonds is 8. The molecule has 3 aromatic carbocycles. The molecule has 1 aliphatic heterocycles. The van der Waals surface area contributed by atoms with Gasteiger partial charge in [-0.3, -0.25) is 0 Å². The zero-order valence-corrected chi connectivity index (χ0v) is 22.1. The minimum absolute atomic E-state index is 0.00434. The van der Waals surface area contributed by atoms with Crippen molar-refractivity contribution in [1.82, 2.24) is 10.3 Å². The normalized spacial score (nSPS) is 19.6. The molecule has 0 saturated carbocycles. The largest absolute Gasteiger partial charge is 0.392 e. The Labute approximate surface area is 224 Å². The number of carbonyl (C=O) groups is 1. The molecular weight excluding hydrogens is 506 g/mol. The Hall–Kier alpha value is -2.95. The van der Waals surface area contributed by atoms with Crippen molar-refractivity contribution in [2.75, 3.05) is 17.6 Å². The van der Waals surface area contributed by atoms with Crippen LogP contribution in [-0.2, 0) is 16.1 Å². The molecule has 5 rings (SSSR count). The minimum Gasteiger partial charge on any atom is -0.392 e. The molecule has 3 N–H and O–H groups in total. The van der Waals surface area contributed by atoms with Crippen LogP contribution in [0.1, 0.15) is 42.4 Å². The highest BCUT2D eigenvalue weighted by molar-refractivity contribution is 8.01. The summed E-state index contributed by atoms with van der Waals surface area (Å²) in [6.45, 7) is 2.43. The monoisotopic (exact) mass is 535 g/mol. The van der Waals surface area contributed by atoms with Crippen molar-refractivity contribution in [3.63, 3.8) is 0 Å². The molecule has 0 bridgehead atoms. The highest BCUT2D eigenvalue weighted by Crippen LogP contribution is 2.40. The van der Waals surface area contributed by atoms with Crippen LogP contribution < -0.4 is 10.6 Å². The number of thiazole rings is 1. The first-order valence-corrected chi connectivity index (χ1v) is 14.0. The molecule has 1 saturated heterocycles. The van der Waals surface area contributed by atoms with E-state index in [2.05, 4.69) is 16.7 Å². The Morgan fingerprint density at radius 2 is 1.92 bits per heavy atom. The fraction of sp³-hybridized carbons (Fsp3) is 0.286. The number of benzene rings is 3. The van der Waals surface area contributed by atoms with E-state index in [4.69, 9.17) is 14.5 Å². The van der Waals surface area contributed by atoms with Crippen molar-refractivity contribution in [2.24, 2.45) is 0 Å². The van der Waals surface area contributed by atoms with Gasteiger partial charge in [-0.05, 0) is 42.3 Å². The second kappa shape index (κ2) is 12.1. The second-order valence-corrected chi connectivity index (χ2v) is 11.0. The molecule has 0 radical (unpaired) electrons. The Morgan fingerprint density at radius 3 is 2.70 bits per heavy atom. The third-order valence-corrected chi connectivity index (χ3v) is 8.35. The number of fused-ring (bicyclic) bond motifs is 1. The van der Waals surface area contributed by atoms with E-state index in [1.165, 1.54) is 4.70 Å². The number of amides is 2. The third-order valence-electron chi connectivity index (χ3n) is 6.04. The molecule has 3 unspecified atom stereocenters. The molecular formula is C28H29N3O4S2. The van der Waals surface area contributed by atoms with Gasteiger partial charge >= 0.3 is 6.03 Å². The number of hydrogen-bond acceptors (Lipinski definition) is 7. The smallest absolute Gasteiger partial charge is 0.319 e. The number of aliphatic hydroxyl groups is 1. The highest BCUT2D eigenvalue weighted by Gasteiger charge is 2.32. The molecule has 7 nitrogen and oxygen atoms in total. The van der Waals surface area contributed by atoms with E-state index < -0.39 is 6.29 Å². The van der Waals surface area contributed by atoms with Crippen LogP contribution >= 0.6 is 23.1 Å². The van der Waals surface area contributed by atoms with Crippen molar-refractivity contribution in [2.45, 2.75) is 42.8 Å². The van der Waals surface area contributed by atoms with E-state index in [0.717, 1.165) is 32.3 Å². The summed E-state index contributed by atoms with van der Waals surface area (Å²) in [5, 5.41) is 15.0. The first-order valence-electron chi connectivity index (χ1n) is 12.2. The summed E-state index contributed by atoms with van der Waals surface area (Å²) in [4.78, 5) is 16.8. The average Bonchev–Trinajstić information content (AvgIpc) is 3.35. The Bertz CT molecular complexity index is 1310. The maximum Gasteiger partial charge on any atom is 0.319 e. The predicted molar refractivity (Wildman–Crippen MR) is 148 cm³/mol. The first-order chi connectivity index (χ1) is 18.1. The number of ether oxygens (including phenoxy) is 2. The lowest BCUT2D eigenvalue weighted by molar-refractivity contribution is -0.245. The van der Waals surface area contributed by atoms with Crippen LogP contribution in [0.3, 0.4) is 0 Å². The van der Waals surface area contributed by atoms with Gasteiger partial charge in [-0.1, -0.05) is 60.3 Å². The lowest BCUT2D eigenvalue weighted by atomic mass is 10.0. The molecule has 37 heavy (non-hydrogen) atoms.